The van der Waals surface area contributed by atoms with Crippen molar-refractivity contribution in [2.24, 2.45) is 0 Å². The van der Waals surface area contributed by atoms with Crippen molar-refractivity contribution in [3.05, 3.63) is 0 Å². The van der Waals surface area contributed by atoms with E-state index in [0.29, 0.717) is 6.04 Å². The van der Waals surface area contributed by atoms with Crippen molar-refractivity contribution in [1.82, 2.24) is 5.32 Å². The molecule has 1 atom stereocenters. The van der Waals surface area contributed by atoms with Crippen molar-refractivity contribution in [2.45, 2.75) is 44.7 Å². The van der Waals surface area contributed by atoms with E-state index >= 15 is 0 Å². The molecule has 13 heavy (non-hydrogen) atoms. The zero-order valence-corrected chi connectivity index (χ0v) is 9.23. The average Bonchev–Trinajstić information content (AvgIpc) is 2.34. The Morgan fingerprint density at radius 2 is 1.92 bits per heavy atom. The number of nitrogens with one attached hydrogen (secondary N) is 1. The second-order valence-electron chi connectivity index (χ2n) is 4.14. The highest BCUT2D eigenvalue weighted by molar-refractivity contribution is 7.90. The van der Waals surface area contributed by atoms with Crippen molar-refractivity contribution >= 4 is 9.84 Å². The van der Waals surface area contributed by atoms with Gasteiger partial charge in [-0.1, -0.05) is 12.8 Å². The molecule has 4 heteroatoms. The first-order valence-corrected chi connectivity index (χ1v) is 6.97. The number of hydrogen-bond acceptors (Lipinski definition) is 3. The summed E-state index contributed by atoms with van der Waals surface area (Å²) < 4.78 is 22.0. The number of hydrogen-bond donors (Lipinski definition) is 1. The molecule has 0 bridgehead atoms. The van der Waals surface area contributed by atoms with Gasteiger partial charge in [-0.2, -0.15) is 0 Å². The van der Waals surface area contributed by atoms with Crippen molar-refractivity contribution in [1.29, 1.82) is 0 Å². The quantitative estimate of drug-likeness (QED) is 0.743. The smallest absolute Gasteiger partial charge is 0.148 e. The van der Waals surface area contributed by atoms with E-state index in [1.807, 2.05) is 6.92 Å². The summed E-state index contributed by atoms with van der Waals surface area (Å²) in [5, 5.41) is 3.36. The molecule has 0 aromatic rings. The van der Waals surface area contributed by atoms with Gasteiger partial charge in [0.25, 0.3) is 0 Å². The summed E-state index contributed by atoms with van der Waals surface area (Å²) in [5.74, 6) is 0.253. The fourth-order valence-electron chi connectivity index (χ4n) is 2.00. The molecule has 1 N–H and O–H groups in total. The van der Waals surface area contributed by atoms with Gasteiger partial charge < -0.3 is 5.32 Å². The summed E-state index contributed by atoms with van der Waals surface area (Å²) in [5.41, 5.74) is 0. The van der Waals surface area contributed by atoms with E-state index in [0.717, 1.165) is 0 Å². The van der Waals surface area contributed by atoms with E-state index < -0.39 is 9.84 Å². The molecule has 1 aliphatic rings. The summed E-state index contributed by atoms with van der Waals surface area (Å²) in [7, 11) is -2.83. The molecule has 0 heterocycles. The Bertz CT molecular complexity index is 242. The van der Waals surface area contributed by atoms with E-state index in [4.69, 9.17) is 0 Å². The molecule has 0 aromatic carbocycles. The van der Waals surface area contributed by atoms with Crippen LogP contribution in [0.15, 0.2) is 0 Å². The second-order valence-corrected chi connectivity index (χ2v) is 6.33. The number of sulfone groups is 1. The molecule has 0 amide bonds. The van der Waals surface area contributed by atoms with Gasteiger partial charge in [0.15, 0.2) is 0 Å². The highest BCUT2D eigenvalue weighted by atomic mass is 32.2. The van der Waals surface area contributed by atoms with Crippen molar-refractivity contribution < 1.29 is 8.42 Å². The minimum Gasteiger partial charge on any atom is -0.310 e. The molecule has 1 fully saturated rings. The SMILES string of the molecule is CC(CS(C)(=O)=O)NC1CCCC1. The van der Waals surface area contributed by atoms with Gasteiger partial charge in [-0.15, -0.1) is 0 Å². The molecule has 78 valence electrons. The minimum absolute atomic E-state index is 0.0955. The van der Waals surface area contributed by atoms with Crippen LogP contribution in [0.3, 0.4) is 0 Å². The molecule has 0 radical (unpaired) electrons. The minimum atomic E-state index is -2.83. The van der Waals surface area contributed by atoms with Crippen LogP contribution in [0.5, 0.6) is 0 Å². The lowest BCUT2D eigenvalue weighted by atomic mass is 10.2. The number of rotatable bonds is 4. The van der Waals surface area contributed by atoms with Gasteiger partial charge in [0.2, 0.25) is 0 Å². The molecule has 1 saturated carbocycles. The Balaban J connectivity index is 2.28. The maximum absolute atomic E-state index is 11.0. The van der Waals surface area contributed by atoms with Crippen LogP contribution in [-0.4, -0.2) is 32.5 Å². The largest absolute Gasteiger partial charge is 0.310 e. The lowest BCUT2D eigenvalue weighted by Crippen LogP contribution is -2.38. The Hall–Kier alpha value is -0.0900. The second kappa shape index (κ2) is 4.42. The van der Waals surface area contributed by atoms with Crippen LogP contribution in [0.4, 0.5) is 0 Å². The third kappa shape index (κ3) is 4.62. The third-order valence-corrected chi connectivity index (χ3v) is 3.53. The summed E-state index contributed by atoms with van der Waals surface area (Å²) in [6.07, 6.45) is 6.26. The Morgan fingerprint density at radius 3 is 2.38 bits per heavy atom. The summed E-state index contributed by atoms with van der Waals surface area (Å²) >= 11 is 0. The van der Waals surface area contributed by atoms with Crippen molar-refractivity contribution in [2.75, 3.05) is 12.0 Å². The average molecular weight is 205 g/mol. The Labute approximate surface area is 80.8 Å². The van der Waals surface area contributed by atoms with Gasteiger partial charge >= 0.3 is 0 Å². The van der Waals surface area contributed by atoms with Crippen LogP contribution in [0.2, 0.25) is 0 Å². The predicted molar refractivity (Wildman–Crippen MR) is 54.6 cm³/mol. The third-order valence-electron chi connectivity index (χ3n) is 2.43. The summed E-state index contributed by atoms with van der Waals surface area (Å²) in [6.45, 7) is 1.94. The maximum Gasteiger partial charge on any atom is 0.148 e. The van der Waals surface area contributed by atoms with Gasteiger partial charge in [0, 0.05) is 18.3 Å². The van der Waals surface area contributed by atoms with E-state index in [9.17, 15) is 8.42 Å². The van der Waals surface area contributed by atoms with Crippen LogP contribution >= 0.6 is 0 Å². The van der Waals surface area contributed by atoms with E-state index in [2.05, 4.69) is 5.32 Å². The van der Waals surface area contributed by atoms with Crippen LogP contribution in [-0.2, 0) is 9.84 Å². The topological polar surface area (TPSA) is 46.2 Å². The first-order chi connectivity index (χ1) is 5.97. The molecular weight excluding hydrogens is 186 g/mol. The Kier molecular flexibility index (Phi) is 3.74. The van der Waals surface area contributed by atoms with Crippen LogP contribution in [0.1, 0.15) is 32.6 Å². The molecule has 0 saturated heterocycles. The molecule has 1 aliphatic carbocycles. The van der Waals surface area contributed by atoms with E-state index in [1.54, 1.807) is 0 Å². The molecule has 0 aliphatic heterocycles. The Morgan fingerprint density at radius 1 is 1.38 bits per heavy atom. The lowest BCUT2D eigenvalue weighted by Gasteiger charge is -2.18. The van der Waals surface area contributed by atoms with Gasteiger partial charge in [0.05, 0.1) is 5.75 Å². The predicted octanol–water partition coefficient (Wildman–Crippen LogP) is 0.952. The molecule has 1 rings (SSSR count). The maximum atomic E-state index is 11.0. The van der Waals surface area contributed by atoms with Gasteiger partial charge in [-0.05, 0) is 19.8 Å². The van der Waals surface area contributed by atoms with Crippen molar-refractivity contribution in [3.63, 3.8) is 0 Å². The van der Waals surface area contributed by atoms with Crippen molar-refractivity contribution in [3.8, 4) is 0 Å². The summed E-state index contributed by atoms with van der Waals surface area (Å²) in [4.78, 5) is 0. The summed E-state index contributed by atoms with van der Waals surface area (Å²) in [6, 6.07) is 0.648. The highest BCUT2D eigenvalue weighted by Crippen LogP contribution is 2.18. The monoisotopic (exact) mass is 205 g/mol. The highest BCUT2D eigenvalue weighted by Gasteiger charge is 2.18. The fourth-order valence-corrected chi connectivity index (χ4v) is 3.00. The normalized spacial score (nSPS) is 22.0. The van der Waals surface area contributed by atoms with Gasteiger partial charge in [-0.3, -0.25) is 0 Å². The molecule has 3 nitrogen and oxygen atoms in total. The first kappa shape index (κ1) is 11.0. The molecule has 1 unspecified atom stereocenters. The van der Waals surface area contributed by atoms with E-state index in [-0.39, 0.29) is 11.8 Å². The molecule has 0 spiro atoms. The zero-order valence-electron chi connectivity index (χ0n) is 8.41. The zero-order chi connectivity index (χ0) is 9.90. The lowest BCUT2D eigenvalue weighted by molar-refractivity contribution is 0.469. The first-order valence-electron chi connectivity index (χ1n) is 4.91. The molecular formula is C9H19NO2S. The van der Waals surface area contributed by atoms with Gasteiger partial charge in [-0.25, -0.2) is 8.42 Å². The van der Waals surface area contributed by atoms with Crippen LogP contribution < -0.4 is 5.32 Å². The van der Waals surface area contributed by atoms with E-state index in [1.165, 1.54) is 31.9 Å². The fraction of sp³-hybridized carbons (Fsp3) is 1.00. The molecule has 0 aromatic heterocycles. The van der Waals surface area contributed by atoms with Gasteiger partial charge in [0.1, 0.15) is 9.84 Å². The van der Waals surface area contributed by atoms with Crippen LogP contribution in [0.25, 0.3) is 0 Å². The van der Waals surface area contributed by atoms with Crippen LogP contribution in [0, 0.1) is 0 Å². The standard InChI is InChI=1S/C9H19NO2S/c1-8(7-13(2,11)12)10-9-5-3-4-6-9/h8-10H,3-7H2,1-2H3.